The molecule has 5 heteroatoms. The van der Waals surface area contributed by atoms with E-state index >= 15 is 0 Å². The number of H-pyrrole nitrogens is 1. The quantitative estimate of drug-likeness (QED) is 0.878. The zero-order chi connectivity index (χ0) is 12.3. The van der Waals surface area contributed by atoms with E-state index in [4.69, 9.17) is 5.73 Å². The van der Waals surface area contributed by atoms with E-state index in [2.05, 4.69) is 9.97 Å². The Morgan fingerprint density at radius 1 is 1.53 bits per heavy atom. The maximum Gasteiger partial charge on any atom is 0.170 e. The van der Waals surface area contributed by atoms with Crippen molar-refractivity contribution in [2.75, 3.05) is 0 Å². The van der Waals surface area contributed by atoms with Gasteiger partial charge in [0, 0.05) is 18.4 Å². The summed E-state index contributed by atoms with van der Waals surface area (Å²) in [5.74, 6) is -0.232. The number of hydrogen-bond donors (Lipinski definition) is 2. The molecule has 17 heavy (non-hydrogen) atoms. The third kappa shape index (κ3) is 3.31. The second kappa shape index (κ2) is 5.33. The summed E-state index contributed by atoms with van der Waals surface area (Å²) in [6.07, 6.45) is 4.04. The van der Waals surface area contributed by atoms with Crippen molar-refractivity contribution < 1.29 is 4.39 Å². The van der Waals surface area contributed by atoms with Crippen molar-refractivity contribution in [3.8, 4) is 0 Å². The van der Waals surface area contributed by atoms with Gasteiger partial charge < -0.3 is 10.7 Å². The summed E-state index contributed by atoms with van der Waals surface area (Å²) < 4.78 is 13.8. The Balaban J connectivity index is 2.14. The van der Waals surface area contributed by atoms with Crippen LogP contribution in [0.5, 0.6) is 0 Å². The van der Waals surface area contributed by atoms with Crippen molar-refractivity contribution in [2.45, 2.75) is 29.4 Å². The molecule has 0 aliphatic rings. The average Bonchev–Trinajstić information content (AvgIpc) is 2.74. The Hall–Kier alpha value is -1.33. The fourth-order valence-electron chi connectivity index (χ4n) is 1.54. The van der Waals surface area contributed by atoms with Gasteiger partial charge in [0.1, 0.15) is 5.82 Å². The zero-order valence-electron chi connectivity index (χ0n) is 9.48. The smallest absolute Gasteiger partial charge is 0.170 e. The number of nitrogens with zero attached hydrogens (tertiary/aromatic N) is 1. The summed E-state index contributed by atoms with van der Waals surface area (Å²) in [6.45, 7) is 1.91. The molecule has 0 fully saturated rings. The first-order valence-corrected chi connectivity index (χ1v) is 6.18. The highest BCUT2D eigenvalue weighted by molar-refractivity contribution is 7.99. The monoisotopic (exact) mass is 251 g/mol. The van der Waals surface area contributed by atoms with E-state index in [0.717, 1.165) is 5.56 Å². The number of imidazole rings is 1. The number of hydrogen-bond acceptors (Lipinski definition) is 3. The Bertz CT molecular complexity index is 483. The van der Waals surface area contributed by atoms with Crippen LogP contribution >= 0.6 is 11.8 Å². The van der Waals surface area contributed by atoms with Crippen molar-refractivity contribution in [3.05, 3.63) is 42.0 Å². The van der Waals surface area contributed by atoms with Crippen LogP contribution in [0.25, 0.3) is 0 Å². The van der Waals surface area contributed by atoms with Gasteiger partial charge in [-0.2, -0.15) is 0 Å². The van der Waals surface area contributed by atoms with E-state index < -0.39 is 0 Å². The highest BCUT2D eigenvalue weighted by Crippen LogP contribution is 2.27. The van der Waals surface area contributed by atoms with Gasteiger partial charge >= 0.3 is 0 Å². The summed E-state index contributed by atoms with van der Waals surface area (Å²) >= 11 is 1.28. The van der Waals surface area contributed by atoms with Crippen LogP contribution in [0.15, 0.2) is 40.6 Å². The van der Waals surface area contributed by atoms with Gasteiger partial charge in [0.25, 0.3) is 0 Å². The van der Waals surface area contributed by atoms with Crippen molar-refractivity contribution in [2.24, 2.45) is 5.73 Å². The van der Waals surface area contributed by atoms with Crippen molar-refractivity contribution in [3.63, 3.8) is 0 Å². The molecule has 3 nitrogen and oxygen atoms in total. The highest BCUT2D eigenvalue weighted by Gasteiger charge is 2.07. The van der Waals surface area contributed by atoms with Crippen LogP contribution in [0.4, 0.5) is 4.39 Å². The molecule has 0 radical (unpaired) electrons. The summed E-state index contributed by atoms with van der Waals surface area (Å²) in [5.41, 5.74) is 6.60. The highest BCUT2D eigenvalue weighted by atomic mass is 32.2. The molecule has 1 aromatic heterocycles. The lowest BCUT2D eigenvalue weighted by Gasteiger charge is -2.07. The number of rotatable bonds is 4. The van der Waals surface area contributed by atoms with Gasteiger partial charge in [-0.05, 0) is 42.8 Å². The van der Waals surface area contributed by atoms with E-state index in [1.165, 1.54) is 17.8 Å². The summed E-state index contributed by atoms with van der Waals surface area (Å²) in [7, 11) is 0. The molecule has 2 aromatic rings. The van der Waals surface area contributed by atoms with Crippen LogP contribution in [0, 0.1) is 5.82 Å². The summed E-state index contributed by atoms with van der Waals surface area (Å²) in [6, 6.07) is 5.24. The van der Waals surface area contributed by atoms with E-state index in [1.54, 1.807) is 18.5 Å². The lowest BCUT2D eigenvalue weighted by molar-refractivity contribution is 0.597. The average molecular weight is 251 g/mol. The minimum Gasteiger partial charge on any atom is -0.339 e. The maximum absolute atomic E-state index is 13.8. The Labute approximate surface area is 104 Å². The van der Waals surface area contributed by atoms with Crippen molar-refractivity contribution >= 4 is 11.8 Å². The van der Waals surface area contributed by atoms with Crippen LogP contribution in [-0.2, 0) is 6.42 Å². The second-order valence-electron chi connectivity index (χ2n) is 3.94. The number of aromatic amines is 1. The molecular formula is C12H14FN3S. The third-order valence-electron chi connectivity index (χ3n) is 2.23. The van der Waals surface area contributed by atoms with Gasteiger partial charge in [0.2, 0.25) is 0 Å². The van der Waals surface area contributed by atoms with Gasteiger partial charge in [-0.3, -0.25) is 0 Å². The van der Waals surface area contributed by atoms with Gasteiger partial charge in [0.15, 0.2) is 5.16 Å². The van der Waals surface area contributed by atoms with E-state index in [9.17, 15) is 4.39 Å². The molecule has 1 unspecified atom stereocenters. The van der Waals surface area contributed by atoms with Crippen LogP contribution in [0.1, 0.15) is 12.5 Å². The molecule has 0 saturated heterocycles. The molecule has 0 saturated carbocycles. The topological polar surface area (TPSA) is 54.7 Å². The number of benzene rings is 1. The largest absolute Gasteiger partial charge is 0.339 e. The van der Waals surface area contributed by atoms with E-state index in [-0.39, 0.29) is 11.9 Å². The lowest BCUT2D eigenvalue weighted by atomic mass is 10.1. The van der Waals surface area contributed by atoms with Gasteiger partial charge in [-0.1, -0.05) is 6.07 Å². The third-order valence-corrected chi connectivity index (χ3v) is 3.20. The summed E-state index contributed by atoms with van der Waals surface area (Å²) in [4.78, 5) is 7.53. The number of halogens is 1. The SMILES string of the molecule is CC(N)Cc1ccc(Sc2ncc[nH]2)c(F)c1. The van der Waals surface area contributed by atoms with Crippen LogP contribution in [0.3, 0.4) is 0 Å². The number of nitrogens with one attached hydrogen (secondary N) is 1. The Kier molecular flexibility index (Phi) is 3.81. The zero-order valence-corrected chi connectivity index (χ0v) is 10.3. The fourth-order valence-corrected chi connectivity index (χ4v) is 2.28. The minimum atomic E-state index is -0.232. The number of nitrogens with two attached hydrogens (primary N) is 1. The van der Waals surface area contributed by atoms with Crippen LogP contribution in [0.2, 0.25) is 0 Å². The molecule has 1 aromatic carbocycles. The van der Waals surface area contributed by atoms with E-state index in [0.29, 0.717) is 16.5 Å². The molecule has 0 bridgehead atoms. The molecule has 90 valence electrons. The molecular weight excluding hydrogens is 237 g/mol. The predicted molar refractivity (Wildman–Crippen MR) is 66.5 cm³/mol. The van der Waals surface area contributed by atoms with Crippen LogP contribution < -0.4 is 5.73 Å². The molecule has 2 rings (SSSR count). The first-order valence-electron chi connectivity index (χ1n) is 5.36. The maximum atomic E-state index is 13.8. The van der Waals surface area contributed by atoms with E-state index in [1.807, 2.05) is 13.0 Å². The Morgan fingerprint density at radius 3 is 2.94 bits per heavy atom. The number of aromatic nitrogens is 2. The standard InChI is InChI=1S/C12H14FN3S/c1-8(14)6-9-2-3-11(10(13)7-9)17-12-15-4-5-16-12/h2-5,7-8H,6,14H2,1H3,(H,15,16). The summed E-state index contributed by atoms with van der Waals surface area (Å²) in [5, 5.41) is 0.684. The Morgan fingerprint density at radius 2 is 2.35 bits per heavy atom. The van der Waals surface area contributed by atoms with Gasteiger partial charge in [0.05, 0.1) is 4.90 Å². The van der Waals surface area contributed by atoms with Crippen molar-refractivity contribution in [1.82, 2.24) is 9.97 Å². The fraction of sp³-hybridized carbons (Fsp3) is 0.250. The molecule has 3 N–H and O–H groups in total. The van der Waals surface area contributed by atoms with Crippen LogP contribution in [-0.4, -0.2) is 16.0 Å². The van der Waals surface area contributed by atoms with Crippen molar-refractivity contribution in [1.29, 1.82) is 0 Å². The van der Waals surface area contributed by atoms with Gasteiger partial charge in [-0.15, -0.1) is 0 Å². The normalized spacial score (nSPS) is 12.6. The lowest BCUT2D eigenvalue weighted by Crippen LogP contribution is -2.17. The first-order chi connectivity index (χ1) is 8.15. The molecule has 0 aliphatic carbocycles. The molecule has 1 atom stereocenters. The molecule has 0 aliphatic heterocycles. The van der Waals surface area contributed by atoms with Gasteiger partial charge in [-0.25, -0.2) is 9.37 Å². The second-order valence-corrected chi connectivity index (χ2v) is 4.97. The first kappa shape index (κ1) is 12.1. The minimum absolute atomic E-state index is 0.0398. The predicted octanol–water partition coefficient (Wildman–Crippen LogP) is 2.59. The molecule has 0 spiro atoms. The molecule has 1 heterocycles. The molecule has 0 amide bonds.